The Morgan fingerprint density at radius 1 is 1.39 bits per heavy atom. The topological polar surface area (TPSA) is 49.4 Å². The van der Waals surface area contributed by atoms with E-state index in [2.05, 4.69) is 5.32 Å². The molecular formula is C17H17FN2O2S. The molecule has 1 aliphatic heterocycles. The predicted molar refractivity (Wildman–Crippen MR) is 86.9 cm³/mol. The van der Waals surface area contributed by atoms with Crippen molar-refractivity contribution in [1.29, 1.82) is 0 Å². The fraction of sp³-hybridized carbons (Fsp3) is 0.294. The molecule has 2 amide bonds. The van der Waals surface area contributed by atoms with Crippen LogP contribution in [0.4, 0.5) is 4.39 Å². The van der Waals surface area contributed by atoms with Gasteiger partial charge in [-0.15, -0.1) is 0 Å². The molecule has 0 aliphatic carbocycles. The average Bonchev–Trinajstić information content (AvgIpc) is 3.07. The van der Waals surface area contributed by atoms with Crippen LogP contribution in [0.2, 0.25) is 0 Å². The number of thiophene rings is 1. The van der Waals surface area contributed by atoms with E-state index in [9.17, 15) is 14.0 Å². The fourth-order valence-electron chi connectivity index (χ4n) is 2.89. The van der Waals surface area contributed by atoms with Crippen molar-refractivity contribution in [2.45, 2.75) is 19.4 Å². The highest BCUT2D eigenvalue weighted by Crippen LogP contribution is 2.29. The van der Waals surface area contributed by atoms with Crippen LogP contribution in [0.15, 0.2) is 35.0 Å². The lowest BCUT2D eigenvalue weighted by atomic mass is 9.93. The van der Waals surface area contributed by atoms with Crippen LogP contribution in [0.3, 0.4) is 0 Å². The Kier molecular flexibility index (Phi) is 4.43. The molecule has 0 saturated heterocycles. The van der Waals surface area contributed by atoms with E-state index in [0.29, 0.717) is 18.5 Å². The summed E-state index contributed by atoms with van der Waals surface area (Å²) in [4.78, 5) is 26.0. The Morgan fingerprint density at radius 2 is 2.22 bits per heavy atom. The number of nitrogens with one attached hydrogen (secondary N) is 1. The lowest BCUT2D eigenvalue weighted by Gasteiger charge is -2.35. The number of hydrogen-bond donors (Lipinski definition) is 1. The summed E-state index contributed by atoms with van der Waals surface area (Å²) >= 11 is 1.44. The van der Waals surface area contributed by atoms with Crippen LogP contribution < -0.4 is 5.32 Å². The lowest BCUT2D eigenvalue weighted by Crippen LogP contribution is -2.44. The van der Waals surface area contributed by atoms with Crippen molar-refractivity contribution >= 4 is 23.2 Å². The standard InChI is InChI=1S/C17H17FN2O2S/c1-11-15-3-2-14(18)8-12(15)4-6-20(11)16(21)9-19-17(22)13-5-7-23-10-13/h2-3,5,7-8,10-11H,4,6,9H2,1H3,(H,19,22)/t11-/m1/s1. The average molecular weight is 332 g/mol. The van der Waals surface area contributed by atoms with Crippen LogP contribution in [0.25, 0.3) is 0 Å². The van der Waals surface area contributed by atoms with Crippen LogP contribution in [-0.4, -0.2) is 29.8 Å². The normalized spacial score (nSPS) is 16.8. The predicted octanol–water partition coefficient (Wildman–Crippen LogP) is 2.76. The second kappa shape index (κ2) is 6.50. The second-order valence-electron chi connectivity index (χ2n) is 5.55. The van der Waals surface area contributed by atoms with Crippen molar-refractivity contribution in [3.8, 4) is 0 Å². The first-order valence-corrected chi connectivity index (χ1v) is 8.38. The zero-order valence-corrected chi connectivity index (χ0v) is 13.5. The minimum absolute atomic E-state index is 0.0322. The van der Waals surface area contributed by atoms with Crippen LogP contribution >= 0.6 is 11.3 Å². The maximum absolute atomic E-state index is 13.3. The van der Waals surface area contributed by atoms with Gasteiger partial charge in [0.05, 0.1) is 12.6 Å². The largest absolute Gasteiger partial charge is 0.343 e. The molecule has 1 aromatic heterocycles. The molecule has 2 heterocycles. The van der Waals surface area contributed by atoms with E-state index in [-0.39, 0.29) is 30.2 Å². The van der Waals surface area contributed by atoms with Crippen LogP contribution in [0, 0.1) is 5.82 Å². The summed E-state index contributed by atoms with van der Waals surface area (Å²) in [6.07, 6.45) is 0.627. The molecule has 1 N–H and O–H groups in total. The number of nitrogens with zero attached hydrogens (tertiary/aromatic N) is 1. The van der Waals surface area contributed by atoms with Crippen LogP contribution in [0.1, 0.15) is 34.5 Å². The Morgan fingerprint density at radius 3 is 2.96 bits per heavy atom. The highest BCUT2D eigenvalue weighted by Gasteiger charge is 2.27. The van der Waals surface area contributed by atoms with Gasteiger partial charge < -0.3 is 10.2 Å². The Labute approximate surface area is 137 Å². The van der Waals surface area contributed by atoms with E-state index in [1.54, 1.807) is 22.4 Å². The molecule has 4 nitrogen and oxygen atoms in total. The van der Waals surface area contributed by atoms with E-state index < -0.39 is 0 Å². The van der Waals surface area contributed by atoms with Crippen LogP contribution in [-0.2, 0) is 11.2 Å². The van der Waals surface area contributed by atoms with E-state index in [0.717, 1.165) is 11.1 Å². The zero-order valence-electron chi connectivity index (χ0n) is 12.7. The van der Waals surface area contributed by atoms with Crippen molar-refractivity contribution in [2.75, 3.05) is 13.1 Å². The molecule has 0 saturated carbocycles. The molecule has 23 heavy (non-hydrogen) atoms. The number of carbonyl (C=O) groups excluding carboxylic acids is 2. The first-order valence-electron chi connectivity index (χ1n) is 7.44. The van der Waals surface area contributed by atoms with Gasteiger partial charge in [0, 0.05) is 17.5 Å². The number of rotatable bonds is 3. The molecule has 6 heteroatoms. The summed E-state index contributed by atoms with van der Waals surface area (Å²) < 4.78 is 13.3. The molecule has 1 aliphatic rings. The molecule has 0 spiro atoms. The van der Waals surface area contributed by atoms with E-state index in [4.69, 9.17) is 0 Å². The molecule has 0 fully saturated rings. The first kappa shape index (κ1) is 15.7. The van der Waals surface area contributed by atoms with Gasteiger partial charge in [0.25, 0.3) is 5.91 Å². The summed E-state index contributed by atoms with van der Waals surface area (Å²) in [6, 6.07) is 6.29. The Balaban J connectivity index is 1.64. The summed E-state index contributed by atoms with van der Waals surface area (Å²) in [7, 11) is 0. The molecule has 0 unspecified atom stereocenters. The molecule has 2 aromatic rings. The molecular weight excluding hydrogens is 315 g/mol. The third kappa shape index (κ3) is 3.27. The minimum atomic E-state index is -0.251. The third-order valence-corrected chi connectivity index (χ3v) is 4.83. The van der Waals surface area contributed by atoms with Crippen molar-refractivity contribution in [1.82, 2.24) is 10.2 Å². The fourth-order valence-corrected chi connectivity index (χ4v) is 3.53. The quantitative estimate of drug-likeness (QED) is 0.939. The molecule has 3 rings (SSSR count). The van der Waals surface area contributed by atoms with Gasteiger partial charge in [0.2, 0.25) is 5.91 Å². The molecule has 0 bridgehead atoms. The minimum Gasteiger partial charge on any atom is -0.343 e. The first-order chi connectivity index (χ1) is 11.1. The van der Waals surface area contributed by atoms with Crippen molar-refractivity contribution in [3.05, 3.63) is 57.5 Å². The van der Waals surface area contributed by atoms with Gasteiger partial charge in [-0.2, -0.15) is 11.3 Å². The third-order valence-electron chi connectivity index (χ3n) is 4.15. The monoisotopic (exact) mass is 332 g/mol. The van der Waals surface area contributed by atoms with Gasteiger partial charge in [-0.3, -0.25) is 9.59 Å². The van der Waals surface area contributed by atoms with E-state index >= 15 is 0 Å². The summed E-state index contributed by atoms with van der Waals surface area (Å²) in [5.74, 6) is -0.624. The van der Waals surface area contributed by atoms with Crippen molar-refractivity contribution < 1.29 is 14.0 Å². The summed E-state index contributed by atoms with van der Waals surface area (Å²) in [5, 5.41) is 6.22. The zero-order chi connectivity index (χ0) is 16.4. The van der Waals surface area contributed by atoms with Gasteiger partial charge in [0.15, 0.2) is 0 Å². The van der Waals surface area contributed by atoms with E-state index in [1.165, 1.54) is 23.5 Å². The number of carbonyl (C=O) groups is 2. The maximum atomic E-state index is 13.3. The van der Waals surface area contributed by atoms with E-state index in [1.807, 2.05) is 12.3 Å². The molecule has 120 valence electrons. The van der Waals surface area contributed by atoms with Gasteiger partial charge in [-0.1, -0.05) is 6.07 Å². The lowest BCUT2D eigenvalue weighted by molar-refractivity contribution is -0.132. The van der Waals surface area contributed by atoms with Gasteiger partial charge >= 0.3 is 0 Å². The van der Waals surface area contributed by atoms with Crippen molar-refractivity contribution in [2.24, 2.45) is 0 Å². The second-order valence-corrected chi connectivity index (χ2v) is 6.33. The SMILES string of the molecule is C[C@@H]1c2ccc(F)cc2CCN1C(=O)CNC(=O)c1ccsc1. The smallest absolute Gasteiger partial charge is 0.252 e. The summed E-state index contributed by atoms with van der Waals surface area (Å²) in [6.45, 7) is 2.43. The van der Waals surface area contributed by atoms with Gasteiger partial charge in [0.1, 0.15) is 5.82 Å². The molecule has 1 atom stereocenters. The summed E-state index contributed by atoms with van der Waals surface area (Å²) in [5.41, 5.74) is 2.48. The highest BCUT2D eigenvalue weighted by molar-refractivity contribution is 7.08. The Bertz CT molecular complexity index is 730. The molecule has 0 radical (unpaired) electrons. The van der Waals surface area contributed by atoms with Crippen LogP contribution in [0.5, 0.6) is 0 Å². The number of amides is 2. The van der Waals surface area contributed by atoms with Gasteiger partial charge in [-0.05, 0) is 48.1 Å². The molecule has 1 aromatic carbocycles. The highest BCUT2D eigenvalue weighted by atomic mass is 32.1. The number of halogens is 1. The van der Waals surface area contributed by atoms with Crippen molar-refractivity contribution in [3.63, 3.8) is 0 Å². The maximum Gasteiger partial charge on any atom is 0.252 e. The number of hydrogen-bond acceptors (Lipinski definition) is 3. The van der Waals surface area contributed by atoms with Gasteiger partial charge in [-0.25, -0.2) is 4.39 Å². The Hall–Kier alpha value is -2.21. The number of fused-ring (bicyclic) bond motifs is 1. The number of benzene rings is 1.